The van der Waals surface area contributed by atoms with Crippen LogP contribution in [0.1, 0.15) is 44.7 Å². The third-order valence-corrected chi connectivity index (χ3v) is 7.79. The fraction of sp³-hybridized carbons (Fsp3) is 0.333. The molecule has 9 heteroatoms. The van der Waals surface area contributed by atoms with Crippen LogP contribution >= 0.6 is 0 Å². The summed E-state index contributed by atoms with van der Waals surface area (Å²) in [4.78, 5) is 77.3. The van der Waals surface area contributed by atoms with Crippen LogP contribution in [0.3, 0.4) is 0 Å². The van der Waals surface area contributed by atoms with Crippen LogP contribution in [0.2, 0.25) is 0 Å². The maximum absolute atomic E-state index is 13.5. The molecule has 4 N–H and O–H groups in total. The number of aromatic hydroxyl groups is 1. The predicted molar refractivity (Wildman–Crippen MR) is 123 cm³/mol. The Morgan fingerprint density at radius 3 is 2.33 bits per heavy atom. The van der Waals surface area contributed by atoms with Gasteiger partial charge in [0.2, 0.25) is 5.91 Å². The second-order valence-electron chi connectivity index (χ2n) is 9.81. The lowest BCUT2D eigenvalue weighted by atomic mass is 9.53. The van der Waals surface area contributed by atoms with E-state index in [4.69, 9.17) is 5.73 Å². The molecule has 0 bridgehead atoms. The fourth-order valence-electron chi connectivity index (χ4n) is 6.11. The number of phenolic OH excluding ortho intramolecular Hbond substituents is 1. The molecule has 1 amide bonds. The van der Waals surface area contributed by atoms with Gasteiger partial charge in [-0.2, -0.15) is 0 Å². The van der Waals surface area contributed by atoms with Crippen LogP contribution in [0.25, 0.3) is 0 Å². The molecule has 0 saturated heterocycles. The number of hydrogen-bond acceptors (Lipinski definition) is 8. The van der Waals surface area contributed by atoms with Crippen molar-refractivity contribution in [3.8, 4) is 5.75 Å². The zero-order valence-corrected chi connectivity index (χ0v) is 19.1. The van der Waals surface area contributed by atoms with Crippen molar-refractivity contribution in [2.24, 2.45) is 29.4 Å². The molecule has 36 heavy (non-hydrogen) atoms. The molecule has 0 heterocycles. The van der Waals surface area contributed by atoms with Gasteiger partial charge in [0, 0.05) is 24.3 Å². The van der Waals surface area contributed by atoms with E-state index in [1.807, 2.05) is 6.07 Å². The molecule has 0 radical (unpaired) electrons. The van der Waals surface area contributed by atoms with Crippen molar-refractivity contribution in [3.63, 3.8) is 0 Å². The number of aliphatic hydroxyl groups is 1. The van der Waals surface area contributed by atoms with Gasteiger partial charge in [0.25, 0.3) is 0 Å². The van der Waals surface area contributed by atoms with Gasteiger partial charge in [0.1, 0.15) is 5.75 Å². The van der Waals surface area contributed by atoms with Crippen LogP contribution in [0.15, 0.2) is 42.5 Å². The van der Waals surface area contributed by atoms with Crippen molar-refractivity contribution in [2.75, 3.05) is 0 Å². The van der Waals surface area contributed by atoms with Gasteiger partial charge in [0.05, 0.1) is 11.5 Å². The third-order valence-electron chi connectivity index (χ3n) is 7.79. The monoisotopic (exact) mass is 489 g/mol. The van der Waals surface area contributed by atoms with Gasteiger partial charge in [-0.25, -0.2) is 0 Å². The van der Waals surface area contributed by atoms with E-state index in [0.29, 0.717) is 5.56 Å². The molecule has 2 saturated carbocycles. The van der Waals surface area contributed by atoms with E-state index in [-0.39, 0.29) is 36.2 Å². The van der Waals surface area contributed by atoms with Crippen molar-refractivity contribution < 1.29 is 39.0 Å². The Bertz CT molecular complexity index is 1360. The minimum Gasteiger partial charge on any atom is -0.507 e. The summed E-state index contributed by atoms with van der Waals surface area (Å²) in [5.41, 5.74) is 3.63. The molecule has 3 aliphatic rings. The van der Waals surface area contributed by atoms with Gasteiger partial charge >= 0.3 is 0 Å². The van der Waals surface area contributed by atoms with Crippen LogP contribution in [0.4, 0.5) is 0 Å². The first-order valence-corrected chi connectivity index (χ1v) is 11.6. The summed E-state index contributed by atoms with van der Waals surface area (Å²) in [5, 5.41) is 21.7. The van der Waals surface area contributed by atoms with E-state index < -0.39 is 70.5 Å². The number of phenols is 1. The number of benzene rings is 2. The molecule has 2 fully saturated rings. The van der Waals surface area contributed by atoms with Gasteiger partial charge in [-0.05, 0) is 42.0 Å². The summed E-state index contributed by atoms with van der Waals surface area (Å²) < 4.78 is 0. The zero-order chi connectivity index (χ0) is 25.9. The van der Waals surface area contributed by atoms with Gasteiger partial charge in [-0.15, -0.1) is 0 Å². The summed E-state index contributed by atoms with van der Waals surface area (Å²) in [6.07, 6.45) is -0.302. The minimum atomic E-state index is -2.70. The maximum atomic E-state index is 13.5. The van der Waals surface area contributed by atoms with Gasteiger partial charge in [0.15, 0.2) is 40.4 Å². The Hall–Kier alpha value is -3.98. The number of ketones is 5. The molecule has 2 unspecified atom stereocenters. The van der Waals surface area contributed by atoms with Crippen molar-refractivity contribution in [1.82, 2.24) is 0 Å². The highest BCUT2D eigenvalue weighted by atomic mass is 16.3. The van der Waals surface area contributed by atoms with Crippen LogP contribution in [0.5, 0.6) is 5.75 Å². The molecule has 3 aliphatic carbocycles. The molecule has 0 aliphatic heterocycles. The molecule has 5 atom stereocenters. The highest BCUT2D eigenvalue weighted by Crippen LogP contribution is 2.50. The molecular weight excluding hydrogens is 466 g/mol. The molecule has 9 nitrogen and oxygen atoms in total. The van der Waals surface area contributed by atoms with E-state index >= 15 is 0 Å². The number of rotatable bonds is 4. The second-order valence-corrected chi connectivity index (χ2v) is 9.81. The van der Waals surface area contributed by atoms with E-state index in [9.17, 15) is 39.0 Å². The first-order chi connectivity index (χ1) is 17.1. The zero-order valence-electron chi connectivity index (χ0n) is 19.1. The summed E-state index contributed by atoms with van der Waals surface area (Å²) in [7, 11) is 0. The van der Waals surface area contributed by atoms with Crippen LogP contribution in [0, 0.1) is 23.7 Å². The number of nitrogens with two attached hydrogens (primary N) is 1. The predicted octanol–water partition coefficient (Wildman–Crippen LogP) is 0.752. The Morgan fingerprint density at radius 1 is 0.972 bits per heavy atom. The van der Waals surface area contributed by atoms with Gasteiger partial charge < -0.3 is 15.9 Å². The summed E-state index contributed by atoms with van der Waals surface area (Å²) >= 11 is 0. The first kappa shape index (κ1) is 23.7. The number of carbonyl (C=O) groups excluding carboxylic acids is 6. The highest BCUT2D eigenvalue weighted by Gasteiger charge is 2.66. The Balaban J connectivity index is 1.55. The smallest absolute Gasteiger partial charge is 0.235 e. The van der Waals surface area contributed by atoms with Crippen molar-refractivity contribution in [1.29, 1.82) is 0 Å². The Kier molecular flexibility index (Phi) is 5.48. The summed E-state index contributed by atoms with van der Waals surface area (Å²) in [6, 6.07) is 11.7. The molecule has 184 valence electrons. The highest BCUT2D eigenvalue weighted by molar-refractivity contribution is 6.31. The van der Waals surface area contributed by atoms with E-state index in [2.05, 4.69) is 0 Å². The molecular formula is C27H23NO8. The lowest BCUT2D eigenvalue weighted by Gasteiger charge is -2.48. The number of fused-ring (bicyclic) bond motifs is 3. The summed E-state index contributed by atoms with van der Waals surface area (Å²) in [5.74, 6) is -11.1. The SMILES string of the molecule is NC(=O)C1C(=O)C[C@@H]2C[C@@H]3Cc4c(C(=O)Cc5ccccc5)ccc(O)c4C(=O)C3C(=O)[C@]2(O)C1=O. The van der Waals surface area contributed by atoms with Crippen molar-refractivity contribution in [3.05, 3.63) is 64.7 Å². The standard InChI is InChI=1S/C27H23NO8/c28-26(35)22-19(31)11-14-9-13-10-16-15(18(30)8-12-4-2-1-3-5-12)6-7-17(29)21(16)23(32)20(13)24(33)27(14,36)25(22)34/h1-7,13-14,20,22,29,36H,8-11H2,(H2,28,35)/t13-,14+,20?,22?,27+/m1/s1. The Labute approximate surface area is 205 Å². The number of hydrogen-bond donors (Lipinski definition) is 3. The second kappa shape index (κ2) is 8.30. The number of Topliss-reactive ketones (excluding diaryl/α,β-unsaturated/α-hetero) is 5. The largest absolute Gasteiger partial charge is 0.507 e. The molecule has 0 spiro atoms. The molecule has 2 aromatic carbocycles. The summed E-state index contributed by atoms with van der Waals surface area (Å²) in [6.45, 7) is 0. The van der Waals surface area contributed by atoms with E-state index in [1.165, 1.54) is 12.1 Å². The van der Waals surface area contributed by atoms with Crippen molar-refractivity contribution >= 4 is 34.8 Å². The number of primary amides is 1. The topological polar surface area (TPSA) is 169 Å². The Morgan fingerprint density at radius 2 is 1.67 bits per heavy atom. The number of carbonyl (C=O) groups is 6. The third kappa shape index (κ3) is 3.34. The van der Waals surface area contributed by atoms with Gasteiger partial charge in [-0.3, -0.25) is 28.8 Å². The number of amides is 1. The van der Waals surface area contributed by atoms with Crippen LogP contribution in [-0.4, -0.2) is 50.6 Å². The maximum Gasteiger partial charge on any atom is 0.235 e. The molecule has 0 aromatic heterocycles. The molecule has 5 rings (SSSR count). The normalized spacial score (nSPS) is 29.2. The lowest BCUT2D eigenvalue weighted by molar-refractivity contribution is -0.175. The van der Waals surface area contributed by atoms with Gasteiger partial charge in [-0.1, -0.05) is 30.3 Å². The van der Waals surface area contributed by atoms with Crippen LogP contribution in [-0.2, 0) is 32.0 Å². The minimum absolute atomic E-state index is 0.0248. The van der Waals surface area contributed by atoms with Crippen LogP contribution < -0.4 is 5.73 Å². The average molecular weight is 489 g/mol. The van der Waals surface area contributed by atoms with E-state index in [0.717, 1.165) is 5.56 Å². The van der Waals surface area contributed by atoms with Crippen molar-refractivity contribution in [2.45, 2.75) is 31.3 Å². The average Bonchev–Trinajstić information content (AvgIpc) is 2.82. The quantitative estimate of drug-likeness (QED) is 0.417. The molecule has 2 aromatic rings. The lowest BCUT2D eigenvalue weighted by Crippen LogP contribution is -2.68. The van der Waals surface area contributed by atoms with E-state index in [1.54, 1.807) is 24.3 Å². The first-order valence-electron chi connectivity index (χ1n) is 11.6. The fourth-order valence-corrected chi connectivity index (χ4v) is 6.11.